The minimum Gasteiger partial charge on any atom is -0.372 e. The first kappa shape index (κ1) is 27.7. The predicted molar refractivity (Wildman–Crippen MR) is 156 cm³/mol. The van der Waals surface area contributed by atoms with Crippen molar-refractivity contribution in [2.24, 2.45) is 14.1 Å². The zero-order chi connectivity index (χ0) is 29.5. The highest BCUT2D eigenvalue weighted by molar-refractivity contribution is 6.31. The number of hydrogen-bond donors (Lipinski definition) is 2. The number of anilines is 2. The van der Waals surface area contributed by atoms with E-state index in [1.807, 2.05) is 25.4 Å². The Bertz CT molecular complexity index is 1800. The van der Waals surface area contributed by atoms with Crippen molar-refractivity contribution in [1.82, 2.24) is 39.5 Å². The van der Waals surface area contributed by atoms with E-state index < -0.39 is 18.2 Å². The van der Waals surface area contributed by atoms with Crippen LogP contribution in [0.3, 0.4) is 0 Å². The van der Waals surface area contributed by atoms with Gasteiger partial charge in [-0.2, -0.15) is 10.2 Å². The topological polar surface area (TPSA) is 139 Å². The number of halogens is 2. The molecule has 2 N–H and O–H groups in total. The standard InChI is InChI=1S/C27H26Cl2N10O3/c1-35-8-7-19(32-35)11-23(27(42)30-18-4-5-20-16(9-18)12-36(2)33-20)38-15-25(40)37(14-26(38)41)22-10-17(28)3-6-21(22)39-13-24(29)31-34-39/h3-10,12-13,23,25,40H,11,14-15H2,1-2H3,(H,30,42)/t23-,25?/m1/s1. The van der Waals surface area contributed by atoms with Crippen molar-refractivity contribution in [1.29, 1.82) is 0 Å². The highest BCUT2D eigenvalue weighted by Crippen LogP contribution is 2.31. The number of nitrogens with zero attached hydrogens (tertiary/aromatic N) is 9. The molecule has 3 aromatic heterocycles. The molecular formula is C27H26Cl2N10O3. The maximum Gasteiger partial charge on any atom is 0.247 e. The summed E-state index contributed by atoms with van der Waals surface area (Å²) in [5, 5.41) is 32.3. The molecule has 2 amide bonds. The maximum atomic E-state index is 13.8. The molecule has 0 aliphatic carbocycles. The van der Waals surface area contributed by atoms with E-state index in [1.165, 1.54) is 20.7 Å². The van der Waals surface area contributed by atoms with Gasteiger partial charge in [-0.25, -0.2) is 4.68 Å². The minimum atomic E-state index is -1.16. The number of benzene rings is 2. The molecule has 1 aliphatic heterocycles. The maximum absolute atomic E-state index is 13.8. The number of amides is 2. The van der Waals surface area contributed by atoms with Crippen molar-refractivity contribution in [2.75, 3.05) is 23.3 Å². The largest absolute Gasteiger partial charge is 0.372 e. The monoisotopic (exact) mass is 608 g/mol. The molecule has 42 heavy (non-hydrogen) atoms. The van der Waals surface area contributed by atoms with Crippen molar-refractivity contribution in [3.05, 3.63) is 76.9 Å². The van der Waals surface area contributed by atoms with E-state index in [2.05, 4.69) is 25.8 Å². The molecule has 13 nitrogen and oxygen atoms in total. The first-order valence-corrected chi connectivity index (χ1v) is 13.7. The lowest BCUT2D eigenvalue weighted by Gasteiger charge is -2.42. The molecule has 0 bridgehead atoms. The van der Waals surface area contributed by atoms with Gasteiger partial charge in [-0.1, -0.05) is 28.4 Å². The van der Waals surface area contributed by atoms with Crippen LogP contribution in [0, 0.1) is 0 Å². The summed E-state index contributed by atoms with van der Waals surface area (Å²) in [6.07, 6.45) is 4.12. The second kappa shape index (κ2) is 11.1. The van der Waals surface area contributed by atoms with E-state index in [0.29, 0.717) is 27.8 Å². The number of aliphatic hydroxyl groups is 1. The smallest absolute Gasteiger partial charge is 0.247 e. The van der Waals surface area contributed by atoms with Gasteiger partial charge in [-0.15, -0.1) is 5.10 Å². The van der Waals surface area contributed by atoms with E-state index in [4.69, 9.17) is 23.2 Å². The van der Waals surface area contributed by atoms with Crippen molar-refractivity contribution in [3.8, 4) is 5.69 Å². The molecule has 6 rings (SSSR count). The van der Waals surface area contributed by atoms with E-state index >= 15 is 0 Å². The van der Waals surface area contributed by atoms with Crippen molar-refractivity contribution >= 4 is 57.3 Å². The van der Waals surface area contributed by atoms with Gasteiger partial charge >= 0.3 is 0 Å². The highest BCUT2D eigenvalue weighted by atomic mass is 35.5. The number of piperazine rings is 1. The van der Waals surface area contributed by atoms with Crippen LogP contribution in [0.1, 0.15) is 5.69 Å². The Labute approximate surface area is 249 Å². The summed E-state index contributed by atoms with van der Waals surface area (Å²) >= 11 is 12.3. The Morgan fingerprint density at radius 1 is 1.07 bits per heavy atom. The predicted octanol–water partition coefficient (Wildman–Crippen LogP) is 2.41. The number of carbonyl (C=O) groups is 2. The number of aromatic nitrogens is 7. The van der Waals surface area contributed by atoms with Gasteiger partial charge in [0, 0.05) is 49.0 Å². The quantitative estimate of drug-likeness (QED) is 0.287. The third-order valence-electron chi connectivity index (χ3n) is 7.04. The van der Waals surface area contributed by atoms with E-state index in [9.17, 15) is 14.7 Å². The van der Waals surface area contributed by atoms with Crippen LogP contribution < -0.4 is 10.2 Å². The summed E-state index contributed by atoms with van der Waals surface area (Å²) in [5.74, 6) is -0.764. The number of aliphatic hydroxyl groups excluding tert-OH is 1. The van der Waals surface area contributed by atoms with Crippen LogP contribution in [0.4, 0.5) is 11.4 Å². The Hall–Kier alpha value is -4.46. The van der Waals surface area contributed by atoms with E-state index in [-0.39, 0.29) is 30.6 Å². The van der Waals surface area contributed by atoms with Crippen LogP contribution >= 0.6 is 23.2 Å². The number of fused-ring (bicyclic) bond motifs is 1. The average molecular weight is 609 g/mol. The molecule has 0 saturated carbocycles. The molecule has 0 spiro atoms. The number of β-amino-alcohol motifs (C(OH)–C–C–N with tert-alkyl or cyclic N) is 1. The summed E-state index contributed by atoms with van der Waals surface area (Å²) in [6.45, 7) is -0.361. The Kier molecular flexibility index (Phi) is 7.31. The fraction of sp³-hybridized carbons (Fsp3) is 0.259. The molecule has 15 heteroatoms. The molecule has 2 atom stereocenters. The fourth-order valence-electron chi connectivity index (χ4n) is 5.11. The van der Waals surface area contributed by atoms with Crippen LogP contribution in [-0.4, -0.2) is 81.7 Å². The van der Waals surface area contributed by atoms with Crippen LogP contribution in [0.5, 0.6) is 0 Å². The van der Waals surface area contributed by atoms with Gasteiger partial charge in [0.1, 0.15) is 12.3 Å². The Morgan fingerprint density at radius 2 is 1.90 bits per heavy atom. The summed E-state index contributed by atoms with van der Waals surface area (Å²) < 4.78 is 4.77. The minimum absolute atomic E-state index is 0.143. The van der Waals surface area contributed by atoms with Gasteiger partial charge in [0.25, 0.3) is 0 Å². The van der Waals surface area contributed by atoms with Crippen LogP contribution in [0.25, 0.3) is 16.6 Å². The zero-order valence-electron chi connectivity index (χ0n) is 22.6. The van der Waals surface area contributed by atoms with Gasteiger partial charge in [-0.3, -0.25) is 19.0 Å². The molecule has 5 aromatic rings. The molecule has 1 aliphatic rings. The second-order valence-electron chi connectivity index (χ2n) is 10.0. The summed E-state index contributed by atoms with van der Waals surface area (Å²) in [4.78, 5) is 30.4. The molecule has 0 radical (unpaired) electrons. The molecule has 1 saturated heterocycles. The molecule has 216 valence electrons. The fourth-order valence-corrected chi connectivity index (χ4v) is 5.41. The zero-order valence-corrected chi connectivity index (χ0v) is 24.1. The van der Waals surface area contributed by atoms with E-state index in [1.54, 1.807) is 52.9 Å². The number of rotatable bonds is 7. The van der Waals surface area contributed by atoms with Crippen molar-refractivity contribution in [3.63, 3.8) is 0 Å². The van der Waals surface area contributed by atoms with Gasteiger partial charge in [-0.05, 0) is 42.5 Å². The molecular weight excluding hydrogens is 583 g/mol. The number of hydrogen-bond acceptors (Lipinski definition) is 8. The molecule has 1 fully saturated rings. The van der Waals surface area contributed by atoms with Crippen LogP contribution in [0.15, 0.2) is 61.1 Å². The Morgan fingerprint density at radius 3 is 2.64 bits per heavy atom. The highest BCUT2D eigenvalue weighted by Gasteiger charge is 2.39. The first-order chi connectivity index (χ1) is 20.1. The molecule has 4 heterocycles. The lowest BCUT2D eigenvalue weighted by molar-refractivity contribution is -0.142. The lowest BCUT2D eigenvalue weighted by Crippen LogP contribution is -2.61. The summed E-state index contributed by atoms with van der Waals surface area (Å²) in [5.41, 5.74) is 2.97. The lowest BCUT2D eigenvalue weighted by atomic mass is 10.1. The van der Waals surface area contributed by atoms with E-state index in [0.717, 1.165) is 10.9 Å². The second-order valence-corrected chi connectivity index (χ2v) is 10.9. The van der Waals surface area contributed by atoms with Gasteiger partial charge < -0.3 is 20.2 Å². The third kappa shape index (κ3) is 5.53. The number of carbonyl (C=O) groups excluding carboxylic acids is 2. The van der Waals surface area contributed by atoms with Gasteiger partial charge in [0.15, 0.2) is 5.15 Å². The average Bonchev–Trinajstić information content (AvgIpc) is 3.67. The number of aryl methyl sites for hydroxylation is 2. The normalized spacial score (nSPS) is 16.3. The molecule has 2 aromatic carbocycles. The van der Waals surface area contributed by atoms with Gasteiger partial charge in [0.05, 0.1) is 41.9 Å². The van der Waals surface area contributed by atoms with Crippen molar-refractivity contribution in [2.45, 2.75) is 18.7 Å². The van der Waals surface area contributed by atoms with Gasteiger partial charge in [0.2, 0.25) is 11.8 Å². The SMILES string of the molecule is Cn1ccc(C[C@H](C(=O)Nc2ccc3nn(C)cc3c2)N2CC(O)N(c3cc(Cl)ccc3-n3cc(Cl)nn3)CC2=O)n1. The van der Waals surface area contributed by atoms with Crippen LogP contribution in [-0.2, 0) is 30.1 Å². The third-order valence-corrected chi connectivity index (χ3v) is 7.45. The Balaban J connectivity index is 1.28. The summed E-state index contributed by atoms with van der Waals surface area (Å²) in [7, 11) is 3.60. The van der Waals surface area contributed by atoms with Crippen molar-refractivity contribution < 1.29 is 14.7 Å². The first-order valence-electron chi connectivity index (χ1n) is 13.0. The number of nitrogens with one attached hydrogen (secondary N) is 1. The summed E-state index contributed by atoms with van der Waals surface area (Å²) in [6, 6.07) is 11.2. The van der Waals surface area contributed by atoms with Crippen LogP contribution in [0.2, 0.25) is 10.2 Å². The molecule has 1 unspecified atom stereocenters.